The smallest absolute Gasteiger partial charge is 0.256 e. The molecule has 0 spiro atoms. The van der Waals surface area contributed by atoms with E-state index in [1.54, 1.807) is 24.3 Å². The first-order valence-corrected chi connectivity index (χ1v) is 11.8. The molecule has 190 valence electrons. The van der Waals surface area contributed by atoms with Crippen LogP contribution in [0.25, 0.3) is 11.2 Å². The Bertz CT molecular complexity index is 1120. The number of nitrogens with one attached hydrogen (secondary N) is 1. The number of nitrogens with zero attached hydrogens (tertiary/aromatic N) is 4. The molecular weight excluding hydrogens is 470 g/mol. The third kappa shape index (κ3) is 6.77. The van der Waals surface area contributed by atoms with Gasteiger partial charge in [-0.2, -0.15) is 12.6 Å². The van der Waals surface area contributed by atoms with Gasteiger partial charge >= 0.3 is 0 Å². The van der Waals surface area contributed by atoms with Gasteiger partial charge in [-0.25, -0.2) is 15.0 Å². The van der Waals surface area contributed by atoms with E-state index in [1.807, 2.05) is 6.07 Å². The molecule has 1 aliphatic rings. The Morgan fingerprint density at radius 3 is 2.40 bits per heavy atom. The van der Waals surface area contributed by atoms with Crippen LogP contribution >= 0.6 is 12.6 Å². The molecule has 4 rings (SSSR count). The van der Waals surface area contributed by atoms with Gasteiger partial charge in [0, 0.05) is 10.3 Å². The highest BCUT2D eigenvalue weighted by Crippen LogP contribution is 2.32. The number of hydrogen-bond donors (Lipinski definition) is 5. The molecule has 3 aromatic rings. The van der Waals surface area contributed by atoms with Gasteiger partial charge in [0.05, 0.1) is 12.9 Å². The summed E-state index contributed by atoms with van der Waals surface area (Å²) in [6.45, 7) is 8.30. The number of fused-ring (bicyclic) bond motifs is 1. The third-order valence-corrected chi connectivity index (χ3v) is 5.51. The minimum atomic E-state index is -1.27. The summed E-state index contributed by atoms with van der Waals surface area (Å²) in [5.74, 6) is 0.625. The van der Waals surface area contributed by atoms with Crippen LogP contribution in [0.5, 0.6) is 0 Å². The molecule has 0 saturated carbocycles. The fourth-order valence-corrected chi connectivity index (χ4v) is 4.37. The number of thiol groups is 1. The zero-order valence-electron chi connectivity index (χ0n) is 20.2. The fourth-order valence-electron chi connectivity index (χ4n) is 4.01. The second-order valence-electron chi connectivity index (χ2n) is 9.51. The molecule has 1 saturated heterocycles. The van der Waals surface area contributed by atoms with E-state index in [0.29, 0.717) is 16.7 Å². The average Bonchev–Trinajstić information content (AvgIpc) is 3.35. The maximum absolute atomic E-state index is 12.4. The lowest BCUT2D eigenvalue weighted by molar-refractivity contribution is -0.0511. The van der Waals surface area contributed by atoms with E-state index in [1.165, 1.54) is 23.6 Å². The molecule has 4 unspecified atom stereocenters. The number of benzene rings is 1. The third-order valence-electron chi connectivity index (χ3n) is 5.33. The number of carbonyl (C=O) groups is 1. The van der Waals surface area contributed by atoms with E-state index in [4.69, 9.17) is 4.74 Å². The molecule has 0 radical (unpaired) electrons. The number of rotatable bonds is 6. The van der Waals surface area contributed by atoms with Crippen molar-refractivity contribution in [2.45, 2.75) is 63.4 Å². The molecule has 11 heteroatoms. The molecule has 1 amide bonds. The van der Waals surface area contributed by atoms with E-state index < -0.39 is 31.1 Å². The van der Waals surface area contributed by atoms with Crippen LogP contribution in [-0.4, -0.2) is 70.4 Å². The lowest BCUT2D eigenvalue weighted by atomic mass is 10.0. The highest BCUT2D eigenvalue weighted by atomic mass is 32.1. The van der Waals surface area contributed by atoms with E-state index >= 15 is 0 Å². The molecule has 10 nitrogen and oxygen atoms in total. The van der Waals surface area contributed by atoms with Crippen LogP contribution in [0.1, 0.15) is 50.7 Å². The van der Waals surface area contributed by atoms with Crippen molar-refractivity contribution in [3.05, 3.63) is 48.5 Å². The van der Waals surface area contributed by atoms with Crippen molar-refractivity contribution < 1.29 is 24.9 Å². The Morgan fingerprint density at radius 2 is 1.86 bits per heavy atom. The molecule has 4 atom stereocenters. The second kappa shape index (κ2) is 11.4. The van der Waals surface area contributed by atoms with Gasteiger partial charge in [-0.3, -0.25) is 9.36 Å². The number of hydrogen-bond acceptors (Lipinski definition) is 9. The largest absolute Gasteiger partial charge is 0.394 e. The minimum Gasteiger partial charge on any atom is -0.394 e. The molecule has 1 aromatic carbocycles. The zero-order valence-corrected chi connectivity index (χ0v) is 21.1. The number of imidazole rings is 1. The van der Waals surface area contributed by atoms with Crippen LogP contribution in [0.4, 0.5) is 5.82 Å². The average molecular weight is 504 g/mol. The monoisotopic (exact) mass is 503 g/mol. The summed E-state index contributed by atoms with van der Waals surface area (Å²) >= 11 is 4.39. The summed E-state index contributed by atoms with van der Waals surface area (Å²) in [5.41, 5.74) is 1.08. The first kappa shape index (κ1) is 27.0. The first-order chi connectivity index (χ1) is 16.5. The zero-order chi connectivity index (χ0) is 25.8. The van der Waals surface area contributed by atoms with Crippen LogP contribution in [0.15, 0.2) is 43.0 Å². The van der Waals surface area contributed by atoms with Gasteiger partial charge in [-0.1, -0.05) is 45.9 Å². The number of ether oxygens (including phenoxy) is 1. The Hall–Kier alpha value is -2.57. The molecule has 1 aliphatic heterocycles. The van der Waals surface area contributed by atoms with Crippen molar-refractivity contribution in [2.75, 3.05) is 11.9 Å². The number of aliphatic hydroxyl groups excluding tert-OH is 3. The Labute approximate surface area is 209 Å². The van der Waals surface area contributed by atoms with E-state index in [2.05, 4.69) is 60.6 Å². The summed E-state index contributed by atoms with van der Waals surface area (Å²) in [7, 11) is 0. The number of carbonyl (C=O) groups excluding carboxylic acids is 1. The van der Waals surface area contributed by atoms with Crippen LogP contribution in [-0.2, 0) is 4.74 Å². The topological polar surface area (TPSA) is 143 Å². The van der Waals surface area contributed by atoms with Gasteiger partial charge in [-0.15, -0.1) is 0 Å². The number of amides is 1. The lowest BCUT2D eigenvalue weighted by Crippen LogP contribution is -2.33. The predicted molar refractivity (Wildman–Crippen MR) is 135 cm³/mol. The Balaban J connectivity index is 0.000000371. The van der Waals surface area contributed by atoms with Gasteiger partial charge in [0.15, 0.2) is 23.2 Å². The highest BCUT2D eigenvalue weighted by molar-refractivity contribution is 7.81. The normalized spacial score (nSPS) is 22.2. The fraction of sp³-hybridized carbons (Fsp3) is 0.500. The Kier molecular flexibility index (Phi) is 8.84. The number of aromatic nitrogens is 4. The standard InChI is InChI=1S/C17H17N5O5.C7H16S/c23-6-10-12(24)13(25)17(27-10)22-8-20-11-14(18-7-19-15(11)22)21-16(26)9-4-2-1-3-5-9;1-6(2)5-7(3,4)8/h1-5,7-8,10,12-13,17,23-25H,6H2,(H,18,19,21,26);6,8H,5H2,1-4H3. The highest BCUT2D eigenvalue weighted by Gasteiger charge is 2.44. The summed E-state index contributed by atoms with van der Waals surface area (Å²) in [5, 5.41) is 32.1. The van der Waals surface area contributed by atoms with Crippen LogP contribution in [0.2, 0.25) is 0 Å². The molecule has 0 aliphatic carbocycles. The summed E-state index contributed by atoms with van der Waals surface area (Å²) in [6, 6.07) is 8.65. The van der Waals surface area contributed by atoms with Gasteiger partial charge in [0.2, 0.25) is 0 Å². The lowest BCUT2D eigenvalue weighted by Gasteiger charge is -2.18. The van der Waals surface area contributed by atoms with Gasteiger partial charge < -0.3 is 25.4 Å². The first-order valence-electron chi connectivity index (χ1n) is 11.4. The van der Waals surface area contributed by atoms with Crippen LogP contribution in [0.3, 0.4) is 0 Å². The van der Waals surface area contributed by atoms with Crippen molar-refractivity contribution >= 4 is 35.5 Å². The van der Waals surface area contributed by atoms with Crippen molar-refractivity contribution in [3.63, 3.8) is 0 Å². The molecule has 4 N–H and O–H groups in total. The van der Waals surface area contributed by atoms with E-state index in [9.17, 15) is 20.1 Å². The Morgan fingerprint density at radius 1 is 1.17 bits per heavy atom. The summed E-state index contributed by atoms with van der Waals surface area (Å²) < 4.78 is 7.15. The molecule has 1 fully saturated rings. The van der Waals surface area contributed by atoms with E-state index in [-0.39, 0.29) is 16.5 Å². The molecule has 0 bridgehead atoms. The SMILES string of the molecule is CC(C)CC(C)(C)S.O=C(Nc1ncnc2c1ncn2C1OC(CO)C(O)C1O)c1ccccc1. The molecule has 2 aromatic heterocycles. The van der Waals surface area contributed by atoms with Crippen molar-refractivity contribution in [1.82, 2.24) is 19.5 Å². The molecule has 3 heterocycles. The molecule has 35 heavy (non-hydrogen) atoms. The van der Waals surface area contributed by atoms with Crippen molar-refractivity contribution in [2.24, 2.45) is 5.92 Å². The maximum atomic E-state index is 12.4. The van der Waals surface area contributed by atoms with E-state index in [0.717, 1.165) is 5.92 Å². The quantitative estimate of drug-likeness (QED) is 0.323. The van der Waals surface area contributed by atoms with Crippen LogP contribution in [0, 0.1) is 5.92 Å². The number of anilines is 1. The van der Waals surface area contributed by atoms with Crippen molar-refractivity contribution in [1.29, 1.82) is 0 Å². The van der Waals surface area contributed by atoms with Gasteiger partial charge in [-0.05, 0) is 24.5 Å². The maximum Gasteiger partial charge on any atom is 0.256 e. The predicted octanol–water partition coefficient (Wildman–Crippen LogP) is 2.43. The molecular formula is C24H33N5O5S. The van der Waals surface area contributed by atoms with Gasteiger partial charge in [0.1, 0.15) is 24.6 Å². The second-order valence-corrected chi connectivity index (χ2v) is 10.7. The van der Waals surface area contributed by atoms with Crippen molar-refractivity contribution in [3.8, 4) is 0 Å². The summed E-state index contributed by atoms with van der Waals surface area (Å²) in [6.07, 6.45) is -0.583. The minimum absolute atomic E-state index is 0.208. The van der Waals surface area contributed by atoms with Gasteiger partial charge in [0.25, 0.3) is 5.91 Å². The summed E-state index contributed by atoms with van der Waals surface area (Å²) in [4.78, 5) is 24.8. The van der Waals surface area contributed by atoms with Crippen LogP contribution < -0.4 is 5.32 Å². The number of aliphatic hydroxyl groups is 3.